The van der Waals surface area contributed by atoms with Gasteiger partial charge >= 0.3 is 0 Å². The van der Waals surface area contributed by atoms with Crippen LogP contribution >= 0.6 is 0 Å². The standard InChI is InChI=1S/C31H33N2/c1-18-16-22(31(5,6)7)27-21-13-12-20(30(2,3)4)17-24(21)33-23-11-9-10-19-14-15-32(8)28(26(19)23)25(18)29(27)33/h9-17H,1-8H3/q+1. The lowest BCUT2D eigenvalue weighted by Crippen LogP contribution is -2.29. The highest BCUT2D eigenvalue weighted by atomic mass is 15.0. The highest BCUT2D eigenvalue weighted by Crippen LogP contribution is 2.45. The molecule has 2 nitrogen and oxygen atoms in total. The van der Waals surface area contributed by atoms with Crippen LogP contribution in [0.5, 0.6) is 0 Å². The average molecular weight is 434 g/mol. The van der Waals surface area contributed by atoms with Gasteiger partial charge in [-0.1, -0.05) is 71.9 Å². The van der Waals surface area contributed by atoms with Gasteiger partial charge in [-0.25, -0.2) is 4.57 Å². The molecule has 0 aliphatic heterocycles. The van der Waals surface area contributed by atoms with Crippen LogP contribution in [0, 0.1) is 6.92 Å². The van der Waals surface area contributed by atoms with Crippen molar-refractivity contribution in [2.75, 3.05) is 0 Å². The Labute approximate surface area is 195 Å². The minimum absolute atomic E-state index is 0.0518. The minimum atomic E-state index is 0.0518. The van der Waals surface area contributed by atoms with Crippen molar-refractivity contribution in [2.24, 2.45) is 7.05 Å². The molecule has 0 N–H and O–H groups in total. The summed E-state index contributed by atoms with van der Waals surface area (Å²) in [7, 11) is 2.19. The van der Waals surface area contributed by atoms with Crippen LogP contribution in [0.3, 0.4) is 0 Å². The SMILES string of the molecule is Cc1cc(C(C)(C)C)c2c3ccc(C(C)(C)C)cc3n3c4cccc5cc[n+](C)c(c1c23)c54. The second-order valence-corrected chi connectivity index (χ2v) is 11.9. The van der Waals surface area contributed by atoms with Gasteiger partial charge in [0.05, 0.1) is 27.3 Å². The predicted molar refractivity (Wildman–Crippen MR) is 142 cm³/mol. The fourth-order valence-electron chi connectivity index (χ4n) is 5.84. The molecule has 6 aromatic rings. The first-order valence-electron chi connectivity index (χ1n) is 12.0. The number of benzene rings is 3. The van der Waals surface area contributed by atoms with Crippen molar-refractivity contribution in [2.45, 2.75) is 59.3 Å². The number of aryl methyl sites for hydroxylation is 2. The van der Waals surface area contributed by atoms with Gasteiger partial charge in [-0.2, -0.15) is 0 Å². The molecule has 0 atom stereocenters. The number of pyridine rings is 2. The van der Waals surface area contributed by atoms with Gasteiger partial charge in [-0.05, 0) is 52.0 Å². The fourth-order valence-corrected chi connectivity index (χ4v) is 5.84. The maximum Gasteiger partial charge on any atom is 0.224 e. The molecule has 0 fully saturated rings. The zero-order chi connectivity index (χ0) is 23.4. The lowest BCUT2D eigenvalue weighted by atomic mass is 9.81. The average Bonchev–Trinajstić information content (AvgIpc) is 3.07. The van der Waals surface area contributed by atoms with Gasteiger partial charge in [0.25, 0.3) is 0 Å². The van der Waals surface area contributed by atoms with E-state index in [-0.39, 0.29) is 10.8 Å². The first-order chi connectivity index (χ1) is 15.5. The van der Waals surface area contributed by atoms with E-state index in [2.05, 4.69) is 119 Å². The van der Waals surface area contributed by atoms with Crippen LogP contribution in [0.4, 0.5) is 0 Å². The van der Waals surface area contributed by atoms with E-state index in [9.17, 15) is 0 Å². The van der Waals surface area contributed by atoms with Gasteiger partial charge in [-0.15, -0.1) is 0 Å². The third-order valence-corrected chi connectivity index (χ3v) is 7.52. The molecule has 6 rings (SSSR count). The van der Waals surface area contributed by atoms with E-state index in [0.717, 1.165) is 0 Å². The van der Waals surface area contributed by atoms with Crippen LogP contribution in [-0.2, 0) is 17.9 Å². The summed E-state index contributed by atoms with van der Waals surface area (Å²) in [6.07, 6.45) is 2.21. The van der Waals surface area contributed by atoms with E-state index in [1.165, 1.54) is 65.7 Å². The summed E-state index contributed by atoms with van der Waals surface area (Å²) in [5.74, 6) is 0. The molecule has 0 amide bonds. The maximum absolute atomic E-state index is 2.56. The van der Waals surface area contributed by atoms with Gasteiger partial charge in [-0.3, -0.25) is 0 Å². The molecule has 0 spiro atoms. The van der Waals surface area contributed by atoms with Gasteiger partial charge < -0.3 is 4.40 Å². The van der Waals surface area contributed by atoms with Gasteiger partial charge in [0.15, 0.2) is 6.20 Å². The molecule has 0 saturated carbocycles. The summed E-state index contributed by atoms with van der Waals surface area (Å²) in [6, 6.07) is 18.6. The molecule has 33 heavy (non-hydrogen) atoms. The van der Waals surface area contributed by atoms with E-state index >= 15 is 0 Å². The predicted octanol–water partition coefficient (Wildman–Crippen LogP) is 7.72. The quantitative estimate of drug-likeness (QED) is 0.132. The summed E-state index contributed by atoms with van der Waals surface area (Å²) < 4.78 is 4.87. The number of nitrogens with zero attached hydrogens (tertiary/aromatic N) is 2. The zero-order valence-corrected chi connectivity index (χ0v) is 21.1. The molecule has 2 heteroatoms. The Bertz CT molecular complexity index is 1730. The van der Waals surface area contributed by atoms with E-state index < -0.39 is 0 Å². The summed E-state index contributed by atoms with van der Waals surface area (Å²) in [4.78, 5) is 0. The largest absolute Gasteiger partial charge is 0.307 e. The molecule has 3 aromatic heterocycles. The molecule has 0 unspecified atom stereocenters. The number of hydrogen-bond acceptors (Lipinski definition) is 0. The maximum atomic E-state index is 2.56. The minimum Gasteiger partial charge on any atom is -0.307 e. The van der Waals surface area contributed by atoms with Crippen LogP contribution in [0.1, 0.15) is 58.2 Å². The molecule has 166 valence electrons. The molecule has 0 saturated heterocycles. The van der Waals surface area contributed by atoms with Crippen molar-refractivity contribution in [1.82, 2.24) is 4.40 Å². The van der Waals surface area contributed by atoms with Crippen molar-refractivity contribution in [3.05, 3.63) is 71.4 Å². The van der Waals surface area contributed by atoms with Gasteiger partial charge in [0.2, 0.25) is 5.52 Å². The van der Waals surface area contributed by atoms with E-state index in [1.54, 1.807) is 0 Å². The van der Waals surface area contributed by atoms with Crippen LogP contribution < -0.4 is 4.57 Å². The van der Waals surface area contributed by atoms with Gasteiger partial charge in [0.1, 0.15) is 7.05 Å². The Morgan fingerprint density at radius 3 is 2.21 bits per heavy atom. The second kappa shape index (κ2) is 6.26. The van der Waals surface area contributed by atoms with Crippen LogP contribution in [0.15, 0.2) is 54.7 Å². The monoisotopic (exact) mass is 433 g/mol. The molecule has 3 aromatic carbocycles. The number of fused-ring (bicyclic) bond motifs is 5. The summed E-state index contributed by atoms with van der Waals surface area (Å²) in [6.45, 7) is 16.2. The molecule has 0 radical (unpaired) electrons. The van der Waals surface area contributed by atoms with Crippen molar-refractivity contribution < 1.29 is 4.57 Å². The highest BCUT2D eigenvalue weighted by molar-refractivity contribution is 6.26. The molecule has 3 heterocycles. The van der Waals surface area contributed by atoms with Crippen molar-refractivity contribution >= 4 is 49.0 Å². The second-order valence-electron chi connectivity index (χ2n) is 11.9. The molecule has 0 aliphatic carbocycles. The summed E-state index contributed by atoms with van der Waals surface area (Å²) in [5.41, 5.74) is 9.62. The van der Waals surface area contributed by atoms with E-state index in [0.29, 0.717) is 0 Å². The normalized spacial score (nSPS) is 13.5. The van der Waals surface area contributed by atoms with Crippen LogP contribution in [-0.4, -0.2) is 4.40 Å². The molecular formula is C31H33N2+. The third kappa shape index (κ3) is 2.64. The Kier molecular flexibility index (Phi) is 3.88. The first kappa shape index (κ1) is 20.5. The first-order valence-corrected chi connectivity index (χ1v) is 12.0. The Morgan fingerprint density at radius 1 is 0.758 bits per heavy atom. The molecule has 0 bridgehead atoms. The van der Waals surface area contributed by atoms with Crippen molar-refractivity contribution in [1.29, 1.82) is 0 Å². The highest BCUT2D eigenvalue weighted by Gasteiger charge is 2.29. The topological polar surface area (TPSA) is 8.29 Å². The van der Waals surface area contributed by atoms with Crippen molar-refractivity contribution in [3.8, 4) is 0 Å². The number of hydrogen-bond donors (Lipinski definition) is 0. The van der Waals surface area contributed by atoms with Crippen molar-refractivity contribution in [3.63, 3.8) is 0 Å². The summed E-state index contributed by atoms with van der Waals surface area (Å²) in [5, 5.41) is 6.79. The fraction of sp³-hybridized carbons (Fsp3) is 0.323. The van der Waals surface area contributed by atoms with Crippen LogP contribution in [0.2, 0.25) is 0 Å². The lowest BCUT2D eigenvalue weighted by molar-refractivity contribution is -0.643. The Balaban J connectivity index is 2.05. The van der Waals surface area contributed by atoms with E-state index in [4.69, 9.17) is 0 Å². The molecular weight excluding hydrogens is 400 g/mol. The lowest BCUT2D eigenvalue weighted by Gasteiger charge is -2.23. The third-order valence-electron chi connectivity index (χ3n) is 7.52. The van der Waals surface area contributed by atoms with E-state index in [1.807, 2.05) is 0 Å². The van der Waals surface area contributed by atoms with Crippen LogP contribution in [0.25, 0.3) is 49.0 Å². The van der Waals surface area contributed by atoms with Gasteiger partial charge in [0, 0.05) is 16.8 Å². The Hall–Kier alpha value is -3.13. The number of rotatable bonds is 0. The summed E-state index contributed by atoms with van der Waals surface area (Å²) >= 11 is 0. The number of aromatic nitrogens is 2. The Morgan fingerprint density at radius 2 is 1.52 bits per heavy atom. The zero-order valence-electron chi connectivity index (χ0n) is 21.1. The smallest absolute Gasteiger partial charge is 0.224 e. The molecule has 0 aliphatic rings.